The van der Waals surface area contributed by atoms with Crippen LogP contribution in [0.4, 0.5) is 5.69 Å². The molecule has 4 rings (SSSR count). The monoisotopic (exact) mass is 504 g/mol. The second-order valence-corrected chi connectivity index (χ2v) is 8.87. The van der Waals surface area contributed by atoms with Crippen molar-refractivity contribution in [2.45, 2.75) is 20.8 Å². The highest BCUT2D eigenvalue weighted by Crippen LogP contribution is 2.38. The van der Waals surface area contributed by atoms with Crippen LogP contribution in [0.15, 0.2) is 64.5 Å². The van der Waals surface area contributed by atoms with Gasteiger partial charge in [0.2, 0.25) is 0 Å². The average molecular weight is 505 g/mol. The Kier molecular flexibility index (Phi) is 7.95. The van der Waals surface area contributed by atoms with Crippen LogP contribution >= 0.6 is 11.8 Å². The lowest BCUT2D eigenvalue weighted by atomic mass is 10.0. The van der Waals surface area contributed by atoms with Gasteiger partial charge in [-0.3, -0.25) is 9.69 Å². The van der Waals surface area contributed by atoms with E-state index in [1.54, 1.807) is 38.2 Å². The molecule has 0 N–H and O–H groups in total. The molecule has 0 radical (unpaired) electrons. The number of ether oxygens (including phenoxy) is 3. The molecule has 186 valence electrons. The number of nitrogens with zero attached hydrogens (tertiary/aromatic N) is 2. The highest BCUT2D eigenvalue weighted by atomic mass is 32.2. The summed E-state index contributed by atoms with van der Waals surface area (Å²) in [4.78, 5) is 31.7. The number of hydrogen-bond donors (Lipinski definition) is 0. The summed E-state index contributed by atoms with van der Waals surface area (Å²) in [6, 6.07) is 16.6. The van der Waals surface area contributed by atoms with Crippen LogP contribution in [-0.2, 0) is 9.53 Å². The second-order valence-electron chi connectivity index (χ2n) is 7.86. The number of benzene rings is 3. The topological polar surface area (TPSA) is 77.4 Å². The number of rotatable bonds is 8. The molecule has 1 aliphatic rings. The van der Waals surface area contributed by atoms with Gasteiger partial charge in [-0.25, -0.2) is 9.79 Å². The number of thioether (sulfide) groups is 1. The SMILES string of the molecule is CCOC(=O)c1ccc(N=C2SC(=Cc3c(OCC)ccc4ccc(OCC)cc34)C(=O)N2C)cc1. The summed E-state index contributed by atoms with van der Waals surface area (Å²) in [5.41, 5.74) is 1.91. The van der Waals surface area contributed by atoms with Crippen LogP contribution in [0.25, 0.3) is 16.8 Å². The molecule has 0 saturated carbocycles. The van der Waals surface area contributed by atoms with E-state index in [1.165, 1.54) is 16.7 Å². The average Bonchev–Trinajstić information content (AvgIpc) is 3.14. The second kappa shape index (κ2) is 11.3. The Morgan fingerprint density at radius 2 is 1.69 bits per heavy atom. The van der Waals surface area contributed by atoms with Crippen LogP contribution in [0.5, 0.6) is 11.5 Å². The molecule has 1 aliphatic heterocycles. The van der Waals surface area contributed by atoms with Crippen LogP contribution < -0.4 is 9.47 Å². The lowest BCUT2D eigenvalue weighted by Gasteiger charge is -2.12. The first-order valence-corrected chi connectivity index (χ1v) is 12.6. The van der Waals surface area contributed by atoms with Crippen LogP contribution in [0.1, 0.15) is 36.7 Å². The molecule has 8 heteroatoms. The molecule has 1 saturated heterocycles. The van der Waals surface area contributed by atoms with E-state index in [9.17, 15) is 9.59 Å². The maximum Gasteiger partial charge on any atom is 0.338 e. The van der Waals surface area contributed by atoms with E-state index in [2.05, 4.69) is 4.99 Å². The van der Waals surface area contributed by atoms with Gasteiger partial charge in [-0.2, -0.15) is 0 Å². The molecule has 3 aromatic carbocycles. The lowest BCUT2D eigenvalue weighted by molar-refractivity contribution is -0.121. The number of amides is 1. The largest absolute Gasteiger partial charge is 0.494 e. The van der Waals surface area contributed by atoms with Crippen LogP contribution in [0, 0.1) is 0 Å². The Balaban J connectivity index is 1.70. The molecule has 1 heterocycles. The Hall–Kier alpha value is -3.78. The number of amidine groups is 1. The molecule has 0 unspecified atom stereocenters. The first-order valence-electron chi connectivity index (χ1n) is 11.8. The van der Waals surface area contributed by atoms with Crippen molar-refractivity contribution >= 4 is 51.3 Å². The van der Waals surface area contributed by atoms with Crippen molar-refractivity contribution in [3.63, 3.8) is 0 Å². The van der Waals surface area contributed by atoms with Gasteiger partial charge in [0.1, 0.15) is 11.5 Å². The van der Waals surface area contributed by atoms with E-state index in [4.69, 9.17) is 14.2 Å². The van der Waals surface area contributed by atoms with Gasteiger partial charge in [-0.05, 0) is 91.8 Å². The minimum absolute atomic E-state index is 0.151. The van der Waals surface area contributed by atoms with E-state index < -0.39 is 0 Å². The molecule has 0 aromatic heterocycles. The van der Waals surface area contributed by atoms with Gasteiger partial charge in [0.05, 0.1) is 36.0 Å². The molecule has 1 amide bonds. The number of aliphatic imine (C=N–C) groups is 1. The van der Waals surface area contributed by atoms with Crippen molar-refractivity contribution < 1.29 is 23.8 Å². The van der Waals surface area contributed by atoms with E-state index in [0.29, 0.717) is 46.9 Å². The predicted molar refractivity (Wildman–Crippen MR) is 144 cm³/mol. The molecule has 1 fully saturated rings. The number of carbonyl (C=O) groups excluding carboxylic acids is 2. The summed E-state index contributed by atoms with van der Waals surface area (Å²) >= 11 is 1.29. The number of hydrogen-bond acceptors (Lipinski definition) is 7. The Morgan fingerprint density at radius 3 is 2.39 bits per heavy atom. The third kappa shape index (κ3) is 5.39. The van der Waals surface area contributed by atoms with E-state index in [0.717, 1.165) is 22.1 Å². The van der Waals surface area contributed by atoms with Crippen LogP contribution in [0.2, 0.25) is 0 Å². The highest BCUT2D eigenvalue weighted by Gasteiger charge is 2.31. The fourth-order valence-corrected chi connectivity index (χ4v) is 4.74. The van der Waals surface area contributed by atoms with Crippen molar-refractivity contribution in [1.82, 2.24) is 4.90 Å². The van der Waals surface area contributed by atoms with Crippen molar-refractivity contribution in [2.75, 3.05) is 26.9 Å². The van der Waals surface area contributed by atoms with Crippen molar-refractivity contribution in [3.8, 4) is 11.5 Å². The quantitative estimate of drug-likeness (QED) is 0.275. The van der Waals surface area contributed by atoms with Gasteiger partial charge in [0.15, 0.2) is 5.17 Å². The van der Waals surface area contributed by atoms with E-state index in [1.807, 2.05) is 50.3 Å². The normalized spacial score (nSPS) is 15.7. The molecule has 7 nitrogen and oxygen atoms in total. The zero-order chi connectivity index (χ0) is 25.7. The van der Waals surface area contributed by atoms with Gasteiger partial charge in [0, 0.05) is 12.6 Å². The smallest absolute Gasteiger partial charge is 0.338 e. The summed E-state index contributed by atoms with van der Waals surface area (Å²) in [5, 5.41) is 2.51. The van der Waals surface area contributed by atoms with Gasteiger partial charge in [-0.15, -0.1) is 0 Å². The molecular formula is C28H28N2O5S. The maximum atomic E-state index is 13.1. The highest BCUT2D eigenvalue weighted by molar-refractivity contribution is 8.18. The third-order valence-corrected chi connectivity index (χ3v) is 6.55. The molecule has 0 aliphatic carbocycles. The maximum absolute atomic E-state index is 13.1. The molecule has 0 spiro atoms. The van der Waals surface area contributed by atoms with E-state index >= 15 is 0 Å². The Morgan fingerprint density at radius 1 is 0.972 bits per heavy atom. The van der Waals surface area contributed by atoms with Gasteiger partial charge < -0.3 is 14.2 Å². The summed E-state index contributed by atoms with van der Waals surface area (Å²) in [6.45, 7) is 7.02. The van der Waals surface area contributed by atoms with Crippen LogP contribution in [-0.4, -0.2) is 48.8 Å². The number of carbonyl (C=O) groups is 2. The van der Waals surface area contributed by atoms with Gasteiger partial charge >= 0.3 is 5.97 Å². The van der Waals surface area contributed by atoms with Crippen molar-refractivity contribution in [2.24, 2.45) is 4.99 Å². The number of fused-ring (bicyclic) bond motifs is 1. The van der Waals surface area contributed by atoms with Crippen molar-refractivity contribution in [1.29, 1.82) is 0 Å². The standard InChI is InChI=1S/C28H28N2O5S/c1-5-33-21-14-10-18-11-15-24(34-6-2)23(22(18)16-21)17-25-26(31)30(4)28(36-25)29-20-12-8-19(9-13-20)27(32)35-7-3/h8-17H,5-7H2,1-4H3. The zero-order valence-corrected chi connectivity index (χ0v) is 21.6. The minimum atomic E-state index is -0.378. The van der Waals surface area contributed by atoms with Crippen LogP contribution in [0.3, 0.4) is 0 Å². The first kappa shape index (κ1) is 25.3. The molecule has 3 aromatic rings. The first-order chi connectivity index (χ1) is 17.4. The molecular weight excluding hydrogens is 476 g/mol. The molecule has 0 bridgehead atoms. The Bertz CT molecular complexity index is 1340. The fourth-order valence-electron chi connectivity index (χ4n) is 3.77. The summed E-state index contributed by atoms with van der Waals surface area (Å²) in [6.07, 6.45) is 1.86. The Labute approximate surface area is 214 Å². The summed E-state index contributed by atoms with van der Waals surface area (Å²) in [7, 11) is 1.70. The molecule has 36 heavy (non-hydrogen) atoms. The van der Waals surface area contributed by atoms with Gasteiger partial charge in [-0.1, -0.05) is 12.1 Å². The predicted octanol–water partition coefficient (Wildman–Crippen LogP) is 6.05. The van der Waals surface area contributed by atoms with Gasteiger partial charge in [0.25, 0.3) is 5.91 Å². The fraction of sp³-hybridized carbons (Fsp3) is 0.250. The third-order valence-electron chi connectivity index (χ3n) is 5.49. The van der Waals surface area contributed by atoms with E-state index in [-0.39, 0.29) is 11.9 Å². The lowest BCUT2D eigenvalue weighted by Crippen LogP contribution is -2.23. The van der Waals surface area contributed by atoms with Crippen molar-refractivity contribution in [3.05, 3.63) is 70.6 Å². The zero-order valence-electron chi connectivity index (χ0n) is 20.7. The molecule has 0 atom stereocenters. The number of esters is 1. The summed E-state index contributed by atoms with van der Waals surface area (Å²) in [5.74, 6) is 0.927. The minimum Gasteiger partial charge on any atom is -0.494 e. The summed E-state index contributed by atoms with van der Waals surface area (Å²) < 4.78 is 16.6. The number of likely N-dealkylation sites (N-methyl/N-ethyl adjacent to an activating group) is 1.